The number of nitrogens with zero attached hydrogens (tertiary/aromatic N) is 1. The van der Waals surface area contributed by atoms with Gasteiger partial charge in [-0.1, -0.05) is 12.1 Å². The van der Waals surface area contributed by atoms with Crippen molar-refractivity contribution in [3.8, 4) is 0 Å². The van der Waals surface area contributed by atoms with Crippen molar-refractivity contribution in [2.24, 2.45) is 5.73 Å². The van der Waals surface area contributed by atoms with Gasteiger partial charge >= 0.3 is 0 Å². The Bertz CT molecular complexity index is 828. The maximum atomic E-state index is 11.8. The Kier molecular flexibility index (Phi) is 6.27. The largest absolute Gasteiger partial charge is 0.381 e. The molecule has 154 valence electrons. The number of primary amides is 1. The molecular weight excluding hydrogens is 368 g/mol. The fraction of sp³-hybridized carbons (Fsp3) is 0.455. The molecule has 0 saturated carbocycles. The van der Waals surface area contributed by atoms with Crippen LogP contribution < -0.4 is 16.4 Å². The zero-order valence-corrected chi connectivity index (χ0v) is 16.5. The highest BCUT2D eigenvalue weighted by Crippen LogP contribution is 2.29. The highest BCUT2D eigenvalue weighted by Gasteiger charge is 2.18. The SMILES string of the molecule is NC(=O)c1cnc(Nc2ccc(C3CCOCC3)cc2)cc1NC1CCOCC1. The topological polar surface area (TPSA) is 98.5 Å². The average Bonchev–Trinajstić information content (AvgIpc) is 2.76. The maximum Gasteiger partial charge on any atom is 0.252 e. The Labute approximate surface area is 171 Å². The molecular formula is C22H28N4O3. The second-order valence-electron chi connectivity index (χ2n) is 7.64. The molecule has 7 nitrogen and oxygen atoms in total. The lowest BCUT2D eigenvalue weighted by Gasteiger charge is -2.25. The summed E-state index contributed by atoms with van der Waals surface area (Å²) in [4.78, 5) is 16.2. The third-order valence-electron chi connectivity index (χ3n) is 5.63. The molecule has 2 aliphatic rings. The number of carbonyl (C=O) groups is 1. The molecule has 1 amide bonds. The Morgan fingerprint density at radius 3 is 2.31 bits per heavy atom. The van der Waals surface area contributed by atoms with Gasteiger partial charge in [-0.3, -0.25) is 4.79 Å². The van der Waals surface area contributed by atoms with E-state index in [0.717, 1.165) is 57.8 Å². The summed E-state index contributed by atoms with van der Waals surface area (Å²) in [5.74, 6) is 0.754. The van der Waals surface area contributed by atoms with E-state index in [1.165, 1.54) is 11.8 Å². The molecule has 7 heteroatoms. The van der Waals surface area contributed by atoms with Gasteiger partial charge in [0.25, 0.3) is 5.91 Å². The molecule has 4 rings (SSSR count). The molecule has 0 spiro atoms. The first-order valence-corrected chi connectivity index (χ1v) is 10.3. The standard InChI is InChI=1S/C22H28N4O3/c23-22(27)19-14-24-21(13-20(19)25-18-7-11-29-12-8-18)26-17-3-1-15(2-4-17)16-5-9-28-10-6-16/h1-4,13-14,16,18H,5-12H2,(H2,23,27)(H2,24,25,26). The number of rotatable bonds is 6. The quantitative estimate of drug-likeness (QED) is 0.692. The second kappa shape index (κ2) is 9.24. The number of hydrogen-bond acceptors (Lipinski definition) is 6. The number of aromatic nitrogens is 1. The van der Waals surface area contributed by atoms with Crippen LogP contribution in [0, 0.1) is 0 Å². The average molecular weight is 396 g/mol. The van der Waals surface area contributed by atoms with Crippen molar-refractivity contribution < 1.29 is 14.3 Å². The van der Waals surface area contributed by atoms with Gasteiger partial charge in [0.1, 0.15) is 5.82 Å². The highest BCUT2D eigenvalue weighted by molar-refractivity contribution is 5.98. The van der Waals surface area contributed by atoms with Gasteiger partial charge in [-0.25, -0.2) is 4.98 Å². The zero-order valence-electron chi connectivity index (χ0n) is 16.5. The number of carbonyl (C=O) groups excluding carboxylic acids is 1. The minimum Gasteiger partial charge on any atom is -0.381 e. The minimum atomic E-state index is -0.487. The summed E-state index contributed by atoms with van der Waals surface area (Å²) in [6, 6.07) is 10.6. The molecule has 0 unspecified atom stereocenters. The Hall–Kier alpha value is -2.64. The van der Waals surface area contributed by atoms with Gasteiger partial charge in [-0.15, -0.1) is 0 Å². The lowest BCUT2D eigenvalue weighted by Crippen LogP contribution is -2.29. The number of nitrogens with two attached hydrogens (primary N) is 1. The maximum absolute atomic E-state index is 11.8. The molecule has 0 aliphatic carbocycles. The van der Waals surface area contributed by atoms with Crippen LogP contribution in [-0.2, 0) is 9.47 Å². The monoisotopic (exact) mass is 396 g/mol. The van der Waals surface area contributed by atoms with Crippen LogP contribution in [0.1, 0.15) is 47.5 Å². The fourth-order valence-corrected chi connectivity index (χ4v) is 3.92. The third-order valence-corrected chi connectivity index (χ3v) is 5.63. The predicted molar refractivity (Wildman–Crippen MR) is 113 cm³/mol. The van der Waals surface area contributed by atoms with Gasteiger partial charge in [-0.2, -0.15) is 0 Å². The van der Waals surface area contributed by atoms with E-state index in [1.54, 1.807) is 0 Å². The van der Waals surface area contributed by atoms with Crippen LogP contribution in [0.25, 0.3) is 0 Å². The summed E-state index contributed by atoms with van der Waals surface area (Å²) in [6.07, 6.45) is 5.48. The summed E-state index contributed by atoms with van der Waals surface area (Å²) < 4.78 is 10.9. The van der Waals surface area contributed by atoms with Crippen LogP contribution in [-0.4, -0.2) is 43.4 Å². The first-order chi connectivity index (χ1) is 14.2. The smallest absolute Gasteiger partial charge is 0.252 e. The first kappa shape index (κ1) is 19.7. The van der Waals surface area contributed by atoms with Gasteiger partial charge in [0, 0.05) is 50.4 Å². The molecule has 4 N–H and O–H groups in total. The lowest BCUT2D eigenvalue weighted by atomic mass is 9.92. The third kappa shape index (κ3) is 5.05. The summed E-state index contributed by atoms with van der Waals surface area (Å²) in [5, 5.41) is 6.76. The lowest BCUT2D eigenvalue weighted by molar-refractivity contribution is 0.0853. The number of nitrogens with one attached hydrogen (secondary N) is 2. The summed E-state index contributed by atoms with van der Waals surface area (Å²) in [6.45, 7) is 3.12. The van der Waals surface area contributed by atoms with Crippen LogP contribution in [0.15, 0.2) is 36.5 Å². The number of anilines is 3. The van der Waals surface area contributed by atoms with Crippen LogP contribution in [0.3, 0.4) is 0 Å². The van der Waals surface area contributed by atoms with Crippen LogP contribution in [0.5, 0.6) is 0 Å². The summed E-state index contributed by atoms with van der Waals surface area (Å²) >= 11 is 0. The molecule has 3 heterocycles. The fourth-order valence-electron chi connectivity index (χ4n) is 3.92. The van der Waals surface area contributed by atoms with Crippen molar-refractivity contribution in [3.63, 3.8) is 0 Å². The van der Waals surface area contributed by atoms with Gasteiger partial charge < -0.3 is 25.8 Å². The van der Waals surface area contributed by atoms with Crippen molar-refractivity contribution in [3.05, 3.63) is 47.7 Å². The van der Waals surface area contributed by atoms with Crippen molar-refractivity contribution in [2.75, 3.05) is 37.1 Å². The second-order valence-corrected chi connectivity index (χ2v) is 7.64. The van der Waals surface area contributed by atoms with Crippen LogP contribution in [0.4, 0.5) is 17.2 Å². The summed E-state index contributed by atoms with van der Waals surface area (Å²) in [7, 11) is 0. The van der Waals surface area contributed by atoms with Gasteiger partial charge in [0.15, 0.2) is 0 Å². The minimum absolute atomic E-state index is 0.260. The van der Waals surface area contributed by atoms with Crippen molar-refractivity contribution >= 4 is 23.1 Å². The molecule has 2 aliphatic heterocycles. The highest BCUT2D eigenvalue weighted by atomic mass is 16.5. The van der Waals surface area contributed by atoms with E-state index in [-0.39, 0.29) is 6.04 Å². The molecule has 2 fully saturated rings. The normalized spacial score (nSPS) is 18.3. The van der Waals surface area contributed by atoms with E-state index in [9.17, 15) is 4.79 Å². The van der Waals surface area contributed by atoms with E-state index in [2.05, 4.69) is 39.9 Å². The van der Waals surface area contributed by atoms with Gasteiger partial charge in [0.2, 0.25) is 0 Å². The zero-order chi connectivity index (χ0) is 20.1. The van der Waals surface area contributed by atoms with Crippen molar-refractivity contribution in [2.45, 2.75) is 37.6 Å². The van der Waals surface area contributed by atoms with Crippen molar-refractivity contribution in [1.82, 2.24) is 4.98 Å². The van der Waals surface area contributed by atoms with Crippen LogP contribution in [0.2, 0.25) is 0 Å². The Balaban J connectivity index is 1.47. The molecule has 29 heavy (non-hydrogen) atoms. The number of benzene rings is 1. The van der Waals surface area contributed by atoms with Crippen molar-refractivity contribution in [1.29, 1.82) is 0 Å². The summed E-state index contributed by atoms with van der Waals surface area (Å²) in [5.41, 5.74) is 8.95. The van der Waals surface area contributed by atoms with Gasteiger partial charge in [0.05, 0.1) is 11.3 Å². The molecule has 2 aromatic rings. The molecule has 1 aromatic carbocycles. The molecule has 0 radical (unpaired) electrons. The van der Waals surface area contributed by atoms with E-state index < -0.39 is 5.91 Å². The molecule has 2 saturated heterocycles. The van der Waals surface area contributed by atoms with Gasteiger partial charge in [-0.05, 0) is 49.3 Å². The van der Waals surface area contributed by atoms with E-state index in [4.69, 9.17) is 15.2 Å². The van der Waals surface area contributed by atoms with E-state index in [1.807, 2.05) is 6.07 Å². The van der Waals surface area contributed by atoms with E-state index in [0.29, 0.717) is 23.0 Å². The predicted octanol–water partition coefficient (Wildman–Crippen LogP) is 3.41. The molecule has 0 bridgehead atoms. The van der Waals surface area contributed by atoms with Crippen LogP contribution >= 0.6 is 0 Å². The number of ether oxygens (including phenoxy) is 2. The number of amides is 1. The molecule has 1 aromatic heterocycles. The van der Waals surface area contributed by atoms with E-state index >= 15 is 0 Å². The Morgan fingerprint density at radius 2 is 1.66 bits per heavy atom. The number of hydrogen-bond donors (Lipinski definition) is 3. The Morgan fingerprint density at radius 1 is 1.00 bits per heavy atom. The molecule has 0 atom stereocenters. The first-order valence-electron chi connectivity index (χ1n) is 10.3. The number of pyridine rings is 1.